The number of methoxy groups -OCH3 is 1. The van der Waals surface area contributed by atoms with E-state index in [0.29, 0.717) is 5.75 Å². The van der Waals surface area contributed by atoms with Crippen LogP contribution in [0.1, 0.15) is 5.56 Å². The van der Waals surface area contributed by atoms with E-state index in [0.717, 1.165) is 11.5 Å². The minimum Gasteiger partial charge on any atom is -1.00 e. The molecule has 0 aliphatic rings. The first-order valence-electron chi connectivity index (χ1n) is 5.73. The van der Waals surface area contributed by atoms with Crippen molar-refractivity contribution in [3.63, 3.8) is 0 Å². The molecule has 2 aromatic carbocycles. The minimum atomic E-state index is 0. The summed E-state index contributed by atoms with van der Waals surface area (Å²) in [5, 5.41) is 9.28. The molecule has 2 aromatic rings. The average molecular weight is 297 g/mol. The van der Waals surface area contributed by atoms with Gasteiger partial charge in [-0.1, -0.05) is 12.1 Å². The van der Waals surface area contributed by atoms with Crippen LogP contribution in [-0.4, -0.2) is 18.5 Å². The van der Waals surface area contributed by atoms with Gasteiger partial charge in [-0.25, -0.2) is 0 Å². The Morgan fingerprint density at radius 2 is 1.58 bits per heavy atom. The fraction of sp³-hybridized carbons (Fsp3) is 0.200. The fourth-order valence-electron chi connectivity index (χ4n) is 1.73. The Bertz CT molecular complexity index is 497. The van der Waals surface area contributed by atoms with Crippen molar-refractivity contribution in [2.24, 2.45) is 0 Å². The molecule has 1 unspecified atom stereocenters. The van der Waals surface area contributed by atoms with Crippen LogP contribution in [0.3, 0.4) is 0 Å². The zero-order chi connectivity index (χ0) is 13.0. The highest BCUT2D eigenvalue weighted by atomic mass is 35.5. The minimum absolute atomic E-state index is 0. The second-order valence-electron chi connectivity index (χ2n) is 4.12. The van der Waals surface area contributed by atoms with Crippen LogP contribution in [0.5, 0.6) is 11.5 Å². The zero-order valence-corrected chi connectivity index (χ0v) is 12.5. The van der Waals surface area contributed by atoms with E-state index in [9.17, 15) is 5.11 Å². The van der Waals surface area contributed by atoms with Crippen LogP contribution in [0.15, 0.2) is 53.4 Å². The normalized spacial score (nSPS) is 11.5. The van der Waals surface area contributed by atoms with Gasteiger partial charge in [0.2, 0.25) is 0 Å². The van der Waals surface area contributed by atoms with Gasteiger partial charge in [0.05, 0.1) is 7.11 Å². The van der Waals surface area contributed by atoms with E-state index in [4.69, 9.17) is 4.74 Å². The van der Waals surface area contributed by atoms with E-state index in [1.807, 2.05) is 24.3 Å². The summed E-state index contributed by atoms with van der Waals surface area (Å²) >= 11 is 0. The lowest BCUT2D eigenvalue weighted by atomic mass is 10.2. The molecule has 102 valence electrons. The number of halogens is 1. The Morgan fingerprint density at radius 1 is 1.00 bits per heavy atom. The van der Waals surface area contributed by atoms with Gasteiger partial charge in [-0.15, -0.1) is 0 Å². The Hall–Kier alpha value is -1.32. The average Bonchev–Trinajstić information content (AvgIpc) is 2.40. The highest BCUT2D eigenvalue weighted by molar-refractivity contribution is 7.95. The van der Waals surface area contributed by atoms with Gasteiger partial charge in [-0.2, -0.15) is 0 Å². The number of ether oxygens (including phenoxy) is 1. The molecule has 0 saturated heterocycles. The Kier molecular flexibility index (Phi) is 6.06. The van der Waals surface area contributed by atoms with Crippen LogP contribution >= 0.6 is 0 Å². The van der Waals surface area contributed by atoms with Gasteiger partial charge < -0.3 is 22.3 Å². The largest absolute Gasteiger partial charge is 1.00 e. The topological polar surface area (TPSA) is 29.5 Å². The molecular weight excluding hydrogens is 280 g/mol. The number of hydrogen-bond acceptors (Lipinski definition) is 2. The third-order valence-electron chi connectivity index (χ3n) is 2.78. The Balaban J connectivity index is 0.00000180. The van der Waals surface area contributed by atoms with Crippen molar-refractivity contribution in [3.8, 4) is 11.5 Å². The molecule has 19 heavy (non-hydrogen) atoms. The van der Waals surface area contributed by atoms with Gasteiger partial charge in [0, 0.05) is 16.5 Å². The SMILES string of the molecule is COc1ccc(C[S+](C)c2ccc(O)cc2)cc1.[Cl-]. The van der Waals surface area contributed by atoms with Gasteiger partial charge in [0.25, 0.3) is 0 Å². The van der Waals surface area contributed by atoms with E-state index in [1.165, 1.54) is 10.5 Å². The summed E-state index contributed by atoms with van der Waals surface area (Å²) in [6.45, 7) is 0. The Morgan fingerprint density at radius 3 is 2.11 bits per heavy atom. The van der Waals surface area contributed by atoms with Gasteiger partial charge in [0.1, 0.15) is 23.5 Å². The lowest BCUT2D eigenvalue weighted by molar-refractivity contribution is -0.00000511. The molecule has 0 amide bonds. The maximum absolute atomic E-state index is 9.28. The summed E-state index contributed by atoms with van der Waals surface area (Å²) in [6.07, 6.45) is 2.22. The van der Waals surface area contributed by atoms with Gasteiger partial charge in [-0.05, 0) is 36.4 Å². The van der Waals surface area contributed by atoms with Crippen molar-refractivity contribution < 1.29 is 22.3 Å². The van der Waals surface area contributed by atoms with Crippen molar-refractivity contribution >= 4 is 10.9 Å². The van der Waals surface area contributed by atoms with E-state index in [-0.39, 0.29) is 23.3 Å². The molecule has 0 radical (unpaired) electrons. The van der Waals surface area contributed by atoms with Crippen molar-refractivity contribution in [1.29, 1.82) is 0 Å². The molecule has 0 spiro atoms. The van der Waals surface area contributed by atoms with E-state index in [2.05, 4.69) is 18.4 Å². The van der Waals surface area contributed by atoms with Gasteiger partial charge in [-0.3, -0.25) is 0 Å². The molecule has 0 aliphatic carbocycles. The summed E-state index contributed by atoms with van der Waals surface area (Å²) in [4.78, 5) is 1.27. The molecule has 1 atom stereocenters. The quantitative estimate of drug-likeness (QED) is 0.818. The summed E-state index contributed by atoms with van der Waals surface area (Å²) < 4.78 is 5.15. The highest BCUT2D eigenvalue weighted by Gasteiger charge is 2.15. The van der Waals surface area contributed by atoms with Crippen LogP contribution in [0, 0.1) is 0 Å². The molecular formula is C15H17ClO2S. The van der Waals surface area contributed by atoms with Crippen molar-refractivity contribution in [2.75, 3.05) is 13.4 Å². The van der Waals surface area contributed by atoms with Gasteiger partial charge in [0.15, 0.2) is 4.90 Å². The number of phenols is 1. The summed E-state index contributed by atoms with van der Waals surface area (Å²) in [5.41, 5.74) is 1.30. The molecule has 0 bridgehead atoms. The molecule has 0 saturated carbocycles. The highest BCUT2D eigenvalue weighted by Crippen LogP contribution is 2.20. The molecule has 0 fully saturated rings. The van der Waals surface area contributed by atoms with E-state index in [1.54, 1.807) is 19.2 Å². The second kappa shape index (κ2) is 7.31. The lowest BCUT2D eigenvalue weighted by Gasteiger charge is -2.05. The Labute approximate surface area is 123 Å². The first kappa shape index (κ1) is 15.7. The number of benzene rings is 2. The number of aromatic hydroxyl groups is 1. The summed E-state index contributed by atoms with van der Waals surface area (Å²) in [6, 6.07) is 15.6. The van der Waals surface area contributed by atoms with E-state index >= 15 is 0 Å². The predicted octanol–water partition coefficient (Wildman–Crippen LogP) is 0.212. The molecule has 2 rings (SSSR count). The third-order valence-corrected chi connectivity index (χ3v) is 4.62. The molecule has 4 heteroatoms. The molecule has 0 aromatic heterocycles. The van der Waals surface area contributed by atoms with Crippen LogP contribution in [0.2, 0.25) is 0 Å². The van der Waals surface area contributed by atoms with Crippen LogP contribution in [-0.2, 0) is 16.6 Å². The molecule has 0 heterocycles. The number of rotatable bonds is 4. The van der Waals surface area contributed by atoms with Crippen molar-refractivity contribution in [1.82, 2.24) is 0 Å². The predicted molar refractivity (Wildman–Crippen MR) is 76.4 cm³/mol. The molecule has 1 N–H and O–H groups in total. The summed E-state index contributed by atoms with van der Waals surface area (Å²) in [7, 11) is 1.82. The number of phenolic OH excluding ortho intramolecular Hbond substituents is 1. The van der Waals surface area contributed by atoms with Crippen molar-refractivity contribution in [2.45, 2.75) is 10.6 Å². The van der Waals surface area contributed by atoms with E-state index < -0.39 is 0 Å². The summed E-state index contributed by atoms with van der Waals surface area (Å²) in [5.74, 6) is 2.22. The lowest BCUT2D eigenvalue weighted by Crippen LogP contribution is -3.00. The van der Waals surface area contributed by atoms with Gasteiger partial charge >= 0.3 is 0 Å². The van der Waals surface area contributed by atoms with Crippen LogP contribution < -0.4 is 17.1 Å². The first-order chi connectivity index (χ1) is 8.69. The van der Waals surface area contributed by atoms with Crippen LogP contribution in [0.4, 0.5) is 0 Å². The van der Waals surface area contributed by atoms with Crippen molar-refractivity contribution in [3.05, 3.63) is 54.1 Å². The smallest absolute Gasteiger partial charge is 0.155 e. The maximum atomic E-state index is 9.28. The number of hydrogen-bond donors (Lipinski definition) is 1. The fourth-order valence-corrected chi connectivity index (χ4v) is 3.19. The molecule has 0 aliphatic heterocycles. The zero-order valence-electron chi connectivity index (χ0n) is 11.0. The van der Waals surface area contributed by atoms with Crippen LogP contribution in [0.25, 0.3) is 0 Å². The molecule has 2 nitrogen and oxygen atoms in total. The second-order valence-corrected chi connectivity index (χ2v) is 6.16. The monoisotopic (exact) mass is 296 g/mol. The third kappa shape index (κ3) is 4.37. The standard InChI is InChI=1S/C15H16O2S.ClH/c1-17-14-7-3-12(4-8-14)11-18(2)15-9-5-13(16)6-10-15;/h3-10H,11H2,1-2H3;1H. The maximum Gasteiger partial charge on any atom is 0.155 e. The first-order valence-corrected chi connectivity index (χ1v) is 7.54.